The highest BCUT2D eigenvalue weighted by Gasteiger charge is 2.22. The lowest BCUT2D eigenvalue weighted by Crippen LogP contribution is -2.37. The number of anilines is 3. The van der Waals surface area contributed by atoms with Crippen molar-refractivity contribution >= 4 is 17.2 Å². The largest absolute Gasteiger partial charge is 0.394 e. The number of benzene rings is 1. The summed E-state index contributed by atoms with van der Waals surface area (Å²) < 4.78 is 7.23. The summed E-state index contributed by atoms with van der Waals surface area (Å²) in [4.78, 5) is 6.73. The highest BCUT2D eigenvalue weighted by molar-refractivity contribution is 5.82. The zero-order valence-corrected chi connectivity index (χ0v) is 15.6. The van der Waals surface area contributed by atoms with Crippen molar-refractivity contribution in [2.75, 3.05) is 42.7 Å². The van der Waals surface area contributed by atoms with Crippen LogP contribution in [0.2, 0.25) is 0 Å². The standard InChI is InChI=1S/C20H24N6O/c1-13-4-3-5-15(12-13)16-6-7-26(24-16)20-14(2)18(17(21)19(22)23-20)25-8-10-27-11-9-25/h3-7,12H,8-11,21H2,1-2H3,(H2,22,23). The monoisotopic (exact) mass is 364 g/mol. The van der Waals surface area contributed by atoms with Crippen molar-refractivity contribution in [3.05, 3.63) is 47.7 Å². The molecule has 7 nitrogen and oxygen atoms in total. The van der Waals surface area contributed by atoms with Gasteiger partial charge in [-0.05, 0) is 26.0 Å². The second kappa shape index (κ2) is 6.92. The molecule has 0 spiro atoms. The van der Waals surface area contributed by atoms with Gasteiger partial charge >= 0.3 is 0 Å². The fourth-order valence-corrected chi connectivity index (χ4v) is 3.51. The van der Waals surface area contributed by atoms with Crippen molar-refractivity contribution in [2.24, 2.45) is 0 Å². The maximum absolute atomic E-state index is 6.27. The van der Waals surface area contributed by atoms with E-state index in [4.69, 9.17) is 21.3 Å². The molecule has 1 aromatic carbocycles. The zero-order valence-electron chi connectivity index (χ0n) is 15.6. The average Bonchev–Trinajstić information content (AvgIpc) is 3.16. The van der Waals surface area contributed by atoms with Crippen LogP contribution < -0.4 is 16.4 Å². The Morgan fingerprint density at radius 2 is 1.85 bits per heavy atom. The second-order valence-corrected chi connectivity index (χ2v) is 6.82. The molecule has 1 aliphatic heterocycles. The molecule has 3 aromatic rings. The van der Waals surface area contributed by atoms with Gasteiger partial charge < -0.3 is 21.1 Å². The summed E-state index contributed by atoms with van der Waals surface area (Å²) in [6.07, 6.45) is 1.91. The van der Waals surface area contributed by atoms with Crippen molar-refractivity contribution in [3.8, 4) is 17.1 Å². The van der Waals surface area contributed by atoms with Crippen molar-refractivity contribution in [2.45, 2.75) is 13.8 Å². The molecule has 7 heteroatoms. The number of aromatic nitrogens is 3. The van der Waals surface area contributed by atoms with Crippen molar-refractivity contribution in [1.29, 1.82) is 0 Å². The fraction of sp³-hybridized carbons (Fsp3) is 0.300. The predicted octanol–water partition coefficient (Wildman–Crippen LogP) is 2.55. The Balaban J connectivity index is 1.77. The van der Waals surface area contributed by atoms with Crippen LogP contribution in [0, 0.1) is 13.8 Å². The van der Waals surface area contributed by atoms with Crippen LogP contribution in [0.5, 0.6) is 0 Å². The van der Waals surface area contributed by atoms with Gasteiger partial charge in [0, 0.05) is 30.4 Å². The first kappa shape index (κ1) is 17.4. The van der Waals surface area contributed by atoms with Gasteiger partial charge in [0.2, 0.25) is 0 Å². The highest BCUT2D eigenvalue weighted by Crippen LogP contribution is 2.35. The first-order valence-corrected chi connectivity index (χ1v) is 9.06. The summed E-state index contributed by atoms with van der Waals surface area (Å²) in [5.41, 5.74) is 18.0. The third kappa shape index (κ3) is 3.21. The van der Waals surface area contributed by atoms with E-state index < -0.39 is 0 Å². The van der Waals surface area contributed by atoms with Crippen LogP contribution in [0.25, 0.3) is 17.1 Å². The van der Waals surface area contributed by atoms with E-state index in [0.29, 0.717) is 30.5 Å². The number of aryl methyl sites for hydroxylation is 1. The van der Waals surface area contributed by atoms with Gasteiger partial charge in [0.1, 0.15) is 0 Å². The van der Waals surface area contributed by atoms with Crippen molar-refractivity contribution in [1.82, 2.24) is 14.8 Å². The van der Waals surface area contributed by atoms with Crippen molar-refractivity contribution in [3.63, 3.8) is 0 Å². The first-order valence-electron chi connectivity index (χ1n) is 9.06. The minimum Gasteiger partial charge on any atom is -0.394 e. The smallest absolute Gasteiger partial charge is 0.160 e. The van der Waals surface area contributed by atoms with Gasteiger partial charge in [0.15, 0.2) is 11.6 Å². The Morgan fingerprint density at radius 3 is 2.59 bits per heavy atom. The summed E-state index contributed by atoms with van der Waals surface area (Å²) in [5.74, 6) is 1.02. The van der Waals surface area contributed by atoms with Gasteiger partial charge in [-0.2, -0.15) is 5.10 Å². The average molecular weight is 364 g/mol. The van der Waals surface area contributed by atoms with E-state index in [-0.39, 0.29) is 0 Å². The van der Waals surface area contributed by atoms with Crippen LogP contribution >= 0.6 is 0 Å². The molecule has 0 unspecified atom stereocenters. The normalized spacial score (nSPS) is 14.5. The van der Waals surface area contributed by atoms with Gasteiger partial charge in [-0.15, -0.1) is 0 Å². The number of nitrogens with two attached hydrogens (primary N) is 2. The lowest BCUT2D eigenvalue weighted by Gasteiger charge is -2.31. The quantitative estimate of drug-likeness (QED) is 0.742. The summed E-state index contributed by atoms with van der Waals surface area (Å²) in [6, 6.07) is 10.3. The molecule has 0 amide bonds. The molecule has 1 fully saturated rings. The lowest BCUT2D eigenvalue weighted by molar-refractivity contribution is 0.122. The van der Waals surface area contributed by atoms with E-state index in [1.807, 2.05) is 25.3 Å². The molecule has 0 radical (unpaired) electrons. The number of ether oxygens (including phenoxy) is 1. The molecule has 2 aromatic heterocycles. The molecule has 0 aliphatic carbocycles. The molecule has 4 N–H and O–H groups in total. The Labute approximate surface area is 158 Å². The van der Waals surface area contributed by atoms with Crippen LogP contribution in [0.15, 0.2) is 36.5 Å². The third-order valence-corrected chi connectivity index (χ3v) is 4.90. The molecular weight excluding hydrogens is 340 g/mol. The Morgan fingerprint density at radius 1 is 1.07 bits per heavy atom. The zero-order chi connectivity index (χ0) is 19.0. The van der Waals surface area contributed by atoms with Gasteiger partial charge in [0.05, 0.1) is 30.3 Å². The molecule has 0 saturated carbocycles. The van der Waals surface area contributed by atoms with Crippen molar-refractivity contribution < 1.29 is 4.74 Å². The van der Waals surface area contributed by atoms with Gasteiger partial charge in [0.25, 0.3) is 0 Å². The number of rotatable bonds is 3. The molecule has 27 heavy (non-hydrogen) atoms. The first-order chi connectivity index (χ1) is 13.0. The Kier molecular flexibility index (Phi) is 4.45. The minimum atomic E-state index is 0.324. The summed E-state index contributed by atoms with van der Waals surface area (Å²) >= 11 is 0. The fourth-order valence-electron chi connectivity index (χ4n) is 3.51. The van der Waals surface area contributed by atoms with Gasteiger partial charge in [-0.25, -0.2) is 9.67 Å². The summed E-state index contributed by atoms with van der Waals surface area (Å²) in [6.45, 7) is 6.99. The molecule has 1 saturated heterocycles. The van der Waals surface area contributed by atoms with Crippen LogP contribution in [-0.2, 0) is 4.74 Å². The lowest BCUT2D eigenvalue weighted by atomic mass is 10.1. The Hall–Kier alpha value is -3.06. The van der Waals surface area contributed by atoms with E-state index in [1.165, 1.54) is 5.56 Å². The van der Waals surface area contributed by atoms with Crippen LogP contribution in [0.1, 0.15) is 11.1 Å². The molecule has 140 valence electrons. The minimum absolute atomic E-state index is 0.324. The third-order valence-electron chi connectivity index (χ3n) is 4.90. The number of nitrogen functional groups attached to an aromatic ring is 2. The summed E-state index contributed by atoms with van der Waals surface area (Å²) in [5, 5.41) is 4.72. The molecular formula is C20H24N6O. The number of pyridine rings is 1. The molecule has 3 heterocycles. The van der Waals surface area contributed by atoms with E-state index in [0.717, 1.165) is 35.6 Å². The number of hydrogen-bond acceptors (Lipinski definition) is 6. The topological polar surface area (TPSA) is 95.2 Å². The number of hydrogen-bond donors (Lipinski definition) is 2. The second-order valence-electron chi connectivity index (χ2n) is 6.82. The number of morpholine rings is 1. The SMILES string of the molecule is Cc1cccc(-c2ccn(-c3nc(N)c(N)c(N4CCOCC4)c3C)n2)c1. The van der Waals surface area contributed by atoms with E-state index in [1.54, 1.807) is 4.68 Å². The van der Waals surface area contributed by atoms with Gasteiger partial charge in [-0.3, -0.25) is 0 Å². The van der Waals surface area contributed by atoms with E-state index >= 15 is 0 Å². The molecule has 4 rings (SSSR count). The predicted molar refractivity (Wildman–Crippen MR) is 108 cm³/mol. The highest BCUT2D eigenvalue weighted by atomic mass is 16.5. The van der Waals surface area contributed by atoms with E-state index in [9.17, 15) is 0 Å². The number of nitrogens with zero attached hydrogens (tertiary/aromatic N) is 4. The molecule has 0 atom stereocenters. The maximum Gasteiger partial charge on any atom is 0.160 e. The molecule has 0 bridgehead atoms. The van der Waals surface area contributed by atoms with Crippen LogP contribution in [0.3, 0.4) is 0 Å². The van der Waals surface area contributed by atoms with Crippen LogP contribution in [-0.4, -0.2) is 41.1 Å². The molecule has 1 aliphatic rings. The van der Waals surface area contributed by atoms with Gasteiger partial charge in [-0.1, -0.05) is 23.8 Å². The maximum atomic E-state index is 6.27. The summed E-state index contributed by atoms with van der Waals surface area (Å²) in [7, 11) is 0. The van der Waals surface area contributed by atoms with E-state index in [2.05, 4.69) is 35.0 Å². The Bertz CT molecular complexity index is 975. The van der Waals surface area contributed by atoms with Crippen LogP contribution in [0.4, 0.5) is 17.2 Å².